The molecule has 0 aromatic carbocycles. The zero-order chi connectivity index (χ0) is 42.3. The normalized spacial score (nSPS) is 12.4. The molecule has 0 radical (unpaired) electrons. The van der Waals surface area contributed by atoms with Gasteiger partial charge in [-0.05, 0) is 77.0 Å². The predicted molar refractivity (Wildman–Crippen MR) is 247 cm³/mol. The molecule has 0 saturated carbocycles. The van der Waals surface area contributed by atoms with Crippen molar-refractivity contribution in [3.63, 3.8) is 0 Å². The van der Waals surface area contributed by atoms with Gasteiger partial charge in [0.2, 0.25) is 0 Å². The molecule has 1 unspecified atom stereocenters. The molecule has 0 rings (SSSR count). The van der Waals surface area contributed by atoms with Gasteiger partial charge in [-0.1, -0.05) is 198 Å². The van der Waals surface area contributed by atoms with Gasteiger partial charge in [0.05, 0.1) is 0 Å². The fourth-order valence-electron chi connectivity index (χ4n) is 6.86. The molecule has 0 aliphatic carbocycles. The van der Waals surface area contributed by atoms with Gasteiger partial charge in [-0.3, -0.25) is 14.4 Å². The van der Waals surface area contributed by atoms with E-state index in [4.69, 9.17) is 14.2 Å². The van der Waals surface area contributed by atoms with E-state index in [9.17, 15) is 14.4 Å². The number of hydrogen-bond donors (Lipinski definition) is 0. The van der Waals surface area contributed by atoms with Crippen molar-refractivity contribution in [2.75, 3.05) is 13.2 Å². The van der Waals surface area contributed by atoms with E-state index < -0.39 is 6.10 Å². The first-order valence-electron chi connectivity index (χ1n) is 24.6. The lowest BCUT2D eigenvalue weighted by Crippen LogP contribution is -2.30. The summed E-state index contributed by atoms with van der Waals surface area (Å²) in [6.07, 6.45) is 55.6. The zero-order valence-electron chi connectivity index (χ0n) is 38.3. The van der Waals surface area contributed by atoms with E-state index >= 15 is 0 Å². The average molecular weight is 813 g/mol. The second-order valence-corrected chi connectivity index (χ2v) is 16.3. The maximum Gasteiger partial charge on any atom is 0.306 e. The summed E-state index contributed by atoms with van der Waals surface area (Å²) in [7, 11) is 0. The SMILES string of the molecule is CC/C=C\C/C=C\C/C=C\CCCCCCCCCC(=O)OC(COC(=O)CCCCCCC)COC(=O)CCCCCCCCC/C=C\CCCCCCCCC. The molecule has 0 amide bonds. The third kappa shape index (κ3) is 44.5. The van der Waals surface area contributed by atoms with Crippen LogP contribution in [0.2, 0.25) is 0 Å². The van der Waals surface area contributed by atoms with E-state index in [2.05, 4.69) is 69.4 Å². The third-order valence-corrected chi connectivity index (χ3v) is 10.6. The van der Waals surface area contributed by atoms with Gasteiger partial charge in [0.25, 0.3) is 0 Å². The van der Waals surface area contributed by atoms with Crippen LogP contribution >= 0.6 is 0 Å². The van der Waals surface area contributed by atoms with Crippen molar-refractivity contribution >= 4 is 17.9 Å². The first-order chi connectivity index (χ1) is 28.5. The molecule has 0 spiro atoms. The maximum absolute atomic E-state index is 12.7. The minimum absolute atomic E-state index is 0.0790. The summed E-state index contributed by atoms with van der Waals surface area (Å²) in [5.74, 6) is -0.903. The lowest BCUT2D eigenvalue weighted by molar-refractivity contribution is -0.167. The average Bonchev–Trinajstić information content (AvgIpc) is 3.22. The summed E-state index contributed by atoms with van der Waals surface area (Å²) in [5, 5.41) is 0. The highest BCUT2D eigenvalue weighted by Crippen LogP contribution is 2.14. The number of unbranched alkanes of at least 4 members (excludes halogenated alkanes) is 25. The molecule has 0 heterocycles. The van der Waals surface area contributed by atoms with Crippen LogP contribution in [0.15, 0.2) is 48.6 Å². The van der Waals surface area contributed by atoms with E-state index in [1.54, 1.807) is 0 Å². The Bertz CT molecular complexity index is 1030. The predicted octanol–water partition coefficient (Wildman–Crippen LogP) is 15.9. The molecule has 0 aliphatic rings. The van der Waals surface area contributed by atoms with Crippen LogP contribution in [-0.4, -0.2) is 37.2 Å². The molecule has 0 bridgehead atoms. The van der Waals surface area contributed by atoms with Crippen molar-refractivity contribution in [3.05, 3.63) is 48.6 Å². The van der Waals surface area contributed by atoms with Gasteiger partial charge < -0.3 is 14.2 Å². The van der Waals surface area contributed by atoms with E-state index in [0.29, 0.717) is 19.3 Å². The van der Waals surface area contributed by atoms with Crippen LogP contribution in [0.3, 0.4) is 0 Å². The van der Waals surface area contributed by atoms with Gasteiger partial charge in [-0.25, -0.2) is 0 Å². The van der Waals surface area contributed by atoms with Crippen molar-refractivity contribution in [3.8, 4) is 0 Å². The van der Waals surface area contributed by atoms with Crippen LogP contribution in [0.5, 0.6) is 0 Å². The van der Waals surface area contributed by atoms with Crippen LogP contribution in [-0.2, 0) is 28.6 Å². The van der Waals surface area contributed by atoms with Crippen molar-refractivity contribution < 1.29 is 28.6 Å². The van der Waals surface area contributed by atoms with Gasteiger partial charge in [0.15, 0.2) is 6.10 Å². The molecule has 0 saturated heterocycles. The van der Waals surface area contributed by atoms with Crippen molar-refractivity contribution in [1.29, 1.82) is 0 Å². The highest BCUT2D eigenvalue weighted by atomic mass is 16.6. The molecule has 58 heavy (non-hydrogen) atoms. The van der Waals surface area contributed by atoms with E-state index in [1.165, 1.54) is 116 Å². The molecule has 0 N–H and O–H groups in total. The first-order valence-corrected chi connectivity index (χ1v) is 24.6. The second kappa shape index (κ2) is 47.1. The van der Waals surface area contributed by atoms with Crippen molar-refractivity contribution in [1.82, 2.24) is 0 Å². The van der Waals surface area contributed by atoms with Crippen molar-refractivity contribution in [2.24, 2.45) is 0 Å². The Balaban J connectivity index is 4.19. The van der Waals surface area contributed by atoms with E-state index in [1.807, 2.05) is 0 Å². The van der Waals surface area contributed by atoms with Gasteiger partial charge >= 0.3 is 17.9 Å². The molecule has 0 aromatic heterocycles. The largest absolute Gasteiger partial charge is 0.462 e. The Hall–Kier alpha value is -2.63. The van der Waals surface area contributed by atoms with Gasteiger partial charge in [0, 0.05) is 19.3 Å². The Morgan fingerprint density at radius 2 is 0.672 bits per heavy atom. The summed E-state index contributed by atoms with van der Waals surface area (Å²) >= 11 is 0. The summed E-state index contributed by atoms with van der Waals surface area (Å²) in [4.78, 5) is 37.6. The topological polar surface area (TPSA) is 78.9 Å². The Kier molecular flexibility index (Phi) is 44.9. The van der Waals surface area contributed by atoms with Gasteiger partial charge in [-0.15, -0.1) is 0 Å². The van der Waals surface area contributed by atoms with Crippen LogP contribution in [0, 0.1) is 0 Å². The van der Waals surface area contributed by atoms with Crippen LogP contribution in [0.1, 0.15) is 245 Å². The van der Waals surface area contributed by atoms with E-state index in [-0.39, 0.29) is 31.1 Å². The number of allylic oxidation sites excluding steroid dienone is 8. The second-order valence-electron chi connectivity index (χ2n) is 16.3. The van der Waals surface area contributed by atoms with Crippen LogP contribution in [0.25, 0.3) is 0 Å². The molecular formula is C52H92O6. The number of ether oxygens (including phenoxy) is 3. The standard InChI is InChI=1S/C52H92O6/c1-4-7-10-13-15-17-19-21-23-25-27-28-30-32-34-36-39-42-45-51(54)57-48-49(47-56-50(53)44-41-38-12-9-6-3)58-52(55)46-43-40-37-35-33-31-29-26-24-22-20-18-16-14-11-8-5-2/h8,11,16,18,22-25,49H,4-7,9-10,12-15,17,19-21,26-48H2,1-3H3/b11-8-,18-16-,24-22-,25-23-. The fourth-order valence-corrected chi connectivity index (χ4v) is 6.86. The number of hydrogen-bond acceptors (Lipinski definition) is 6. The number of carbonyl (C=O) groups is 3. The Morgan fingerprint density at radius 3 is 1.07 bits per heavy atom. The third-order valence-electron chi connectivity index (χ3n) is 10.6. The Labute approximate surface area is 358 Å². The first kappa shape index (κ1) is 55.4. The minimum Gasteiger partial charge on any atom is -0.462 e. The molecule has 6 nitrogen and oxygen atoms in total. The molecular weight excluding hydrogens is 721 g/mol. The molecule has 0 aromatic rings. The van der Waals surface area contributed by atoms with Crippen LogP contribution in [0.4, 0.5) is 0 Å². The highest BCUT2D eigenvalue weighted by molar-refractivity contribution is 5.71. The van der Waals surface area contributed by atoms with Crippen LogP contribution < -0.4 is 0 Å². The number of carbonyl (C=O) groups excluding carboxylic acids is 3. The molecule has 6 heteroatoms. The fraction of sp³-hybridized carbons (Fsp3) is 0.788. The minimum atomic E-state index is -0.774. The lowest BCUT2D eigenvalue weighted by atomic mass is 10.1. The van der Waals surface area contributed by atoms with Gasteiger partial charge in [0.1, 0.15) is 13.2 Å². The summed E-state index contributed by atoms with van der Waals surface area (Å²) in [5.41, 5.74) is 0. The highest BCUT2D eigenvalue weighted by Gasteiger charge is 2.19. The maximum atomic E-state index is 12.7. The smallest absolute Gasteiger partial charge is 0.306 e. The molecule has 0 fully saturated rings. The Morgan fingerprint density at radius 1 is 0.362 bits per heavy atom. The monoisotopic (exact) mass is 813 g/mol. The lowest BCUT2D eigenvalue weighted by Gasteiger charge is -2.18. The quantitative estimate of drug-likeness (QED) is 0.0264. The van der Waals surface area contributed by atoms with E-state index in [0.717, 1.165) is 89.9 Å². The molecule has 1 atom stereocenters. The summed E-state index contributed by atoms with van der Waals surface area (Å²) in [6, 6.07) is 0. The molecule has 0 aliphatic heterocycles. The van der Waals surface area contributed by atoms with Crippen molar-refractivity contribution in [2.45, 2.75) is 252 Å². The number of rotatable bonds is 44. The van der Waals surface area contributed by atoms with Gasteiger partial charge in [-0.2, -0.15) is 0 Å². The summed E-state index contributed by atoms with van der Waals surface area (Å²) in [6.45, 7) is 6.44. The summed E-state index contributed by atoms with van der Waals surface area (Å²) < 4.78 is 16.6. The number of esters is 3. The molecule has 336 valence electrons. The zero-order valence-corrected chi connectivity index (χ0v) is 38.3.